The van der Waals surface area contributed by atoms with Gasteiger partial charge in [-0.15, -0.1) is 0 Å². The highest BCUT2D eigenvalue weighted by Crippen LogP contribution is 2.42. The van der Waals surface area contributed by atoms with Crippen LogP contribution in [0, 0.1) is 0 Å². The third kappa shape index (κ3) is 2.07. The minimum atomic E-state index is 0.594. The Morgan fingerprint density at radius 2 is 1.43 bits per heavy atom. The summed E-state index contributed by atoms with van der Waals surface area (Å²) in [5, 5.41) is 1.19. The molecule has 0 saturated carbocycles. The highest BCUT2D eigenvalue weighted by Gasteiger charge is 2.21. The molecule has 0 radical (unpaired) electrons. The van der Waals surface area contributed by atoms with Crippen molar-refractivity contribution in [1.82, 2.24) is 0 Å². The van der Waals surface area contributed by atoms with Crippen molar-refractivity contribution in [3.05, 3.63) is 81.8 Å². The zero-order chi connectivity index (χ0) is 14.4. The Balaban J connectivity index is 1.92. The molecule has 3 aromatic carbocycles. The largest absolute Gasteiger partial charge is 0.0827 e. The van der Waals surface area contributed by atoms with Gasteiger partial charge < -0.3 is 0 Å². The molecule has 0 N–H and O–H groups in total. The monoisotopic (exact) mass is 310 g/mol. The smallest absolute Gasteiger partial charge is 0.0598 e. The Labute approximate surface area is 134 Å². The van der Waals surface area contributed by atoms with E-state index in [1.165, 1.54) is 27.8 Å². The molecule has 4 rings (SSSR count). The standard InChI is InChI=1S/C19H12Cl2/c20-18-9-8-13(11-19(18)21)15-6-3-7-16-14-5-2-1-4-12(14)10-17(15)16/h1-9,11H,10H2. The first-order valence-corrected chi connectivity index (χ1v) is 7.65. The Morgan fingerprint density at radius 3 is 2.29 bits per heavy atom. The molecule has 0 aliphatic heterocycles. The zero-order valence-corrected chi connectivity index (χ0v) is 12.7. The van der Waals surface area contributed by atoms with Gasteiger partial charge in [0.1, 0.15) is 0 Å². The highest BCUT2D eigenvalue weighted by atomic mass is 35.5. The van der Waals surface area contributed by atoms with E-state index in [9.17, 15) is 0 Å². The molecule has 0 unspecified atom stereocenters. The molecule has 0 atom stereocenters. The number of hydrogen-bond acceptors (Lipinski definition) is 0. The average molecular weight is 311 g/mol. The lowest BCUT2D eigenvalue weighted by molar-refractivity contribution is 1.26. The van der Waals surface area contributed by atoms with E-state index in [1.54, 1.807) is 0 Å². The number of halogens is 2. The molecule has 2 heteroatoms. The lowest BCUT2D eigenvalue weighted by Gasteiger charge is -2.09. The van der Waals surface area contributed by atoms with Gasteiger partial charge in [0.2, 0.25) is 0 Å². The number of rotatable bonds is 1. The fourth-order valence-corrected chi connectivity index (χ4v) is 3.39. The molecule has 3 aromatic rings. The minimum absolute atomic E-state index is 0.594. The quantitative estimate of drug-likeness (QED) is 0.391. The molecule has 102 valence electrons. The van der Waals surface area contributed by atoms with Crippen molar-refractivity contribution >= 4 is 23.2 Å². The summed E-state index contributed by atoms with van der Waals surface area (Å²) in [7, 11) is 0. The summed E-state index contributed by atoms with van der Waals surface area (Å²) in [6, 6.07) is 20.9. The van der Waals surface area contributed by atoms with Crippen molar-refractivity contribution in [2.45, 2.75) is 6.42 Å². The van der Waals surface area contributed by atoms with E-state index >= 15 is 0 Å². The van der Waals surface area contributed by atoms with Crippen LogP contribution < -0.4 is 0 Å². The summed E-state index contributed by atoms with van der Waals surface area (Å²) in [5.41, 5.74) is 7.79. The Hall–Kier alpha value is -1.76. The second kappa shape index (κ2) is 4.91. The van der Waals surface area contributed by atoms with Gasteiger partial charge in [-0.2, -0.15) is 0 Å². The Kier molecular flexibility index (Phi) is 3.02. The van der Waals surface area contributed by atoms with Crippen molar-refractivity contribution < 1.29 is 0 Å². The molecule has 0 fully saturated rings. The van der Waals surface area contributed by atoms with Crippen LogP contribution in [0.2, 0.25) is 10.0 Å². The van der Waals surface area contributed by atoms with Gasteiger partial charge in [0.25, 0.3) is 0 Å². The summed E-state index contributed by atoms with van der Waals surface area (Å²) in [6.45, 7) is 0. The normalized spacial score (nSPS) is 12.1. The van der Waals surface area contributed by atoms with E-state index < -0.39 is 0 Å². The molecule has 0 aromatic heterocycles. The first kappa shape index (κ1) is 12.9. The van der Waals surface area contributed by atoms with Crippen LogP contribution in [0.4, 0.5) is 0 Å². The van der Waals surface area contributed by atoms with E-state index in [-0.39, 0.29) is 0 Å². The van der Waals surface area contributed by atoms with Gasteiger partial charge in [-0.3, -0.25) is 0 Å². The van der Waals surface area contributed by atoms with Gasteiger partial charge in [0.05, 0.1) is 10.0 Å². The second-order valence-corrected chi connectivity index (χ2v) is 6.11. The third-order valence-electron chi connectivity index (χ3n) is 4.08. The predicted octanol–water partition coefficient (Wildman–Crippen LogP) is 6.23. The van der Waals surface area contributed by atoms with E-state index in [2.05, 4.69) is 42.5 Å². The van der Waals surface area contributed by atoms with Crippen LogP contribution in [-0.4, -0.2) is 0 Å². The molecule has 0 amide bonds. The molecule has 1 aliphatic rings. The molecule has 21 heavy (non-hydrogen) atoms. The summed E-state index contributed by atoms with van der Waals surface area (Å²) >= 11 is 12.2. The SMILES string of the molecule is Clc1ccc(-c2cccc3c2Cc2ccccc2-3)cc1Cl. The maximum absolute atomic E-state index is 6.17. The zero-order valence-electron chi connectivity index (χ0n) is 11.2. The lowest BCUT2D eigenvalue weighted by atomic mass is 9.96. The predicted molar refractivity (Wildman–Crippen MR) is 90.1 cm³/mol. The van der Waals surface area contributed by atoms with Gasteiger partial charge in [0, 0.05) is 0 Å². The summed E-state index contributed by atoms with van der Waals surface area (Å²) in [4.78, 5) is 0. The van der Waals surface area contributed by atoms with Gasteiger partial charge >= 0.3 is 0 Å². The van der Waals surface area contributed by atoms with Crippen molar-refractivity contribution in [3.63, 3.8) is 0 Å². The topological polar surface area (TPSA) is 0 Å². The van der Waals surface area contributed by atoms with Crippen LogP contribution in [0.15, 0.2) is 60.7 Å². The van der Waals surface area contributed by atoms with E-state index in [1.807, 2.05) is 18.2 Å². The Morgan fingerprint density at radius 1 is 0.667 bits per heavy atom. The number of benzene rings is 3. The Bertz CT molecular complexity index is 850. The fourth-order valence-electron chi connectivity index (χ4n) is 3.09. The van der Waals surface area contributed by atoms with E-state index in [0.29, 0.717) is 10.0 Å². The van der Waals surface area contributed by atoms with Crippen molar-refractivity contribution in [3.8, 4) is 22.3 Å². The van der Waals surface area contributed by atoms with Crippen LogP contribution in [0.1, 0.15) is 11.1 Å². The van der Waals surface area contributed by atoms with E-state index in [4.69, 9.17) is 23.2 Å². The van der Waals surface area contributed by atoms with Gasteiger partial charge in [-0.25, -0.2) is 0 Å². The third-order valence-corrected chi connectivity index (χ3v) is 4.82. The molecular weight excluding hydrogens is 299 g/mol. The van der Waals surface area contributed by atoms with Crippen LogP contribution in [0.5, 0.6) is 0 Å². The van der Waals surface area contributed by atoms with Crippen molar-refractivity contribution in [2.75, 3.05) is 0 Å². The second-order valence-electron chi connectivity index (χ2n) is 5.29. The van der Waals surface area contributed by atoms with E-state index in [0.717, 1.165) is 12.0 Å². The molecule has 0 spiro atoms. The molecule has 0 heterocycles. The van der Waals surface area contributed by atoms with Crippen LogP contribution >= 0.6 is 23.2 Å². The maximum atomic E-state index is 6.17. The summed E-state index contributed by atoms with van der Waals surface area (Å²) in [5.74, 6) is 0. The molecule has 1 aliphatic carbocycles. The summed E-state index contributed by atoms with van der Waals surface area (Å²) in [6.07, 6.45) is 0.974. The fraction of sp³-hybridized carbons (Fsp3) is 0.0526. The average Bonchev–Trinajstić information content (AvgIpc) is 2.89. The summed E-state index contributed by atoms with van der Waals surface area (Å²) < 4.78 is 0. The van der Waals surface area contributed by atoms with Crippen LogP contribution in [0.25, 0.3) is 22.3 Å². The lowest BCUT2D eigenvalue weighted by Crippen LogP contribution is -1.88. The first-order chi connectivity index (χ1) is 10.2. The van der Waals surface area contributed by atoms with Crippen LogP contribution in [0.3, 0.4) is 0 Å². The minimum Gasteiger partial charge on any atom is -0.0827 e. The number of hydrogen-bond donors (Lipinski definition) is 0. The van der Waals surface area contributed by atoms with Crippen LogP contribution in [-0.2, 0) is 6.42 Å². The maximum Gasteiger partial charge on any atom is 0.0598 e. The van der Waals surface area contributed by atoms with Gasteiger partial charge in [0.15, 0.2) is 0 Å². The van der Waals surface area contributed by atoms with Gasteiger partial charge in [-0.05, 0) is 51.9 Å². The molecular formula is C19H12Cl2. The highest BCUT2D eigenvalue weighted by molar-refractivity contribution is 6.42. The number of fused-ring (bicyclic) bond motifs is 3. The van der Waals surface area contributed by atoms with Crippen molar-refractivity contribution in [2.24, 2.45) is 0 Å². The van der Waals surface area contributed by atoms with Crippen molar-refractivity contribution in [1.29, 1.82) is 0 Å². The molecule has 0 nitrogen and oxygen atoms in total. The van der Waals surface area contributed by atoms with Gasteiger partial charge in [-0.1, -0.05) is 71.7 Å². The first-order valence-electron chi connectivity index (χ1n) is 6.89. The molecule has 0 bridgehead atoms. The molecule has 0 saturated heterocycles.